The van der Waals surface area contributed by atoms with Gasteiger partial charge in [-0.15, -0.1) is 0 Å². The number of carbonyl (C=O) groups is 11. The van der Waals surface area contributed by atoms with Gasteiger partial charge in [-0.2, -0.15) is 0 Å². The van der Waals surface area contributed by atoms with Crippen LogP contribution in [0.4, 0.5) is 52.7 Å². The van der Waals surface area contributed by atoms with Crippen LogP contribution >= 0.6 is 0 Å². The first-order valence-electron chi connectivity index (χ1n) is 37.9. The Kier molecular flexibility index (Phi) is 124. The van der Waals surface area contributed by atoms with E-state index in [1.165, 1.54) is 141 Å². The highest BCUT2D eigenvalue weighted by Gasteiger charge is 2.16. The molecule has 0 bridgehead atoms. The van der Waals surface area contributed by atoms with Crippen molar-refractivity contribution in [1.29, 1.82) is 0 Å². The number of hydrogen-bond donors (Lipinski definition) is 10. The molecule has 0 aliphatic heterocycles. The molecule has 0 radical (unpaired) electrons. The molecule has 0 amide bonds. The lowest BCUT2D eigenvalue weighted by atomic mass is 10.4. The normalized spacial score (nSPS) is 12.7. The van der Waals surface area contributed by atoms with E-state index in [0.717, 1.165) is 0 Å². The second-order valence-electron chi connectivity index (χ2n) is 24.0. The minimum absolute atomic E-state index is 0.0659. The van der Waals surface area contributed by atoms with Crippen LogP contribution in [0.2, 0.25) is 0 Å². The topological polar surface area (TPSA) is 762 Å². The van der Waals surface area contributed by atoms with Crippen molar-refractivity contribution in [3.63, 3.8) is 0 Å². The van der Waals surface area contributed by atoms with E-state index in [-0.39, 0.29) is 173 Å². The van der Waals surface area contributed by atoms with Crippen LogP contribution in [0.3, 0.4) is 0 Å². The zero-order chi connectivity index (χ0) is 103. The number of carbonyl (C=O) groups excluding carboxylic acids is 11. The molecule has 59 nitrogen and oxygen atoms in total. The van der Waals surface area contributed by atoms with Crippen LogP contribution in [0.5, 0.6) is 0 Å². The maximum Gasteiger partial charge on any atom is 0.510 e. The molecular weight excluding hydrogens is 1800 g/mol. The molecule has 0 aliphatic carbocycles. The van der Waals surface area contributed by atoms with Gasteiger partial charge in [-0.05, 0) is 95.5 Å². The highest BCUT2D eigenvalue weighted by molar-refractivity contribution is 5.63. The number of aliphatic hydroxyl groups is 10. The molecule has 782 valence electrons. The second-order valence-corrected chi connectivity index (χ2v) is 24.0. The van der Waals surface area contributed by atoms with Gasteiger partial charge in [-0.25, -0.2) is 52.7 Å². The van der Waals surface area contributed by atoms with Crippen molar-refractivity contribution in [3.05, 3.63) is 10.4 Å². The van der Waals surface area contributed by atoms with Crippen LogP contribution in [-0.4, -0.2) is 437 Å². The molecule has 0 aromatic carbocycles. The maximum absolute atomic E-state index is 11.1. The van der Waals surface area contributed by atoms with Gasteiger partial charge in [0, 0.05) is 83.1 Å². The molecular formula is C72H143N3O56. The van der Waals surface area contributed by atoms with Gasteiger partial charge in [-0.1, -0.05) is 5.11 Å². The third-order valence-electron chi connectivity index (χ3n) is 9.70. The smallest absolute Gasteiger partial charge is 0.432 e. The molecule has 0 rings (SSSR count). The lowest BCUT2D eigenvalue weighted by Crippen LogP contribution is -2.24. The van der Waals surface area contributed by atoms with Crippen molar-refractivity contribution in [2.75, 3.05) is 239 Å². The molecule has 13 atom stereocenters. The highest BCUT2D eigenvalue weighted by Crippen LogP contribution is 2.02. The Morgan fingerprint density at radius 3 is 0.496 bits per heavy atom. The monoisotopic (exact) mass is 1950 g/mol. The summed E-state index contributed by atoms with van der Waals surface area (Å²) in [6, 6.07) is 0. The molecule has 0 fully saturated rings. The van der Waals surface area contributed by atoms with Crippen LogP contribution in [0.25, 0.3) is 10.4 Å². The van der Waals surface area contributed by atoms with Gasteiger partial charge in [0.1, 0.15) is 98.5 Å². The Hall–Kier alpha value is -9.64. The summed E-state index contributed by atoms with van der Waals surface area (Å²) in [5, 5.41) is 89.8. The summed E-state index contributed by atoms with van der Waals surface area (Å²) in [5.74, 6) is 0. The third kappa shape index (κ3) is 158. The summed E-state index contributed by atoms with van der Waals surface area (Å²) in [7, 11) is 15.5. The van der Waals surface area contributed by atoms with Crippen molar-refractivity contribution >= 4 is 67.7 Å². The lowest BCUT2D eigenvalue weighted by Gasteiger charge is -2.14. The van der Waals surface area contributed by atoms with Gasteiger partial charge in [0.15, 0.2) is 61.1 Å². The zero-order valence-electron chi connectivity index (χ0n) is 78.6. The number of aliphatic hydroxyl groups excluding tert-OH is 10. The Balaban J connectivity index is -0.000000135. The minimum Gasteiger partial charge on any atom is -0.432 e. The van der Waals surface area contributed by atoms with Gasteiger partial charge in [-0.3, -0.25) is 0 Å². The quantitative estimate of drug-likeness (QED) is 0.0104. The summed E-state index contributed by atoms with van der Waals surface area (Å²) < 4.78 is 157. The maximum atomic E-state index is 11.1. The largest absolute Gasteiger partial charge is 0.510 e. The summed E-state index contributed by atoms with van der Waals surface area (Å²) >= 11 is 0. The third-order valence-corrected chi connectivity index (χ3v) is 9.70. The zero-order valence-corrected chi connectivity index (χ0v) is 78.6. The number of methoxy groups -OCH3 is 11. The SMILES string of the molecule is COCOC(=O)OCC(C)O.COCOC(=O)OCC(C)O.COCOC(=O)OCC(C)O.COCOC(=O)OCC(C)O.COCOC(=O)OCC(C)O.COCOC(=O)OCC(C)O.COCOC(=O)OCC(C)O.COCOC(=O)OCC(C)O.COCOC(=O)OCC(C)O.COCOC(C)COC(=O)OC(C)CN=[N+]=[N-].COCOC(C)COC(=O)OC(C)CO. The molecule has 59 heteroatoms. The van der Waals surface area contributed by atoms with Gasteiger partial charge in [0.05, 0.1) is 80.3 Å². The molecule has 0 aliphatic rings. The van der Waals surface area contributed by atoms with E-state index in [2.05, 4.69) is 152 Å². The average Bonchev–Trinajstić information content (AvgIpc) is 0.979. The van der Waals surface area contributed by atoms with Gasteiger partial charge in [0.2, 0.25) is 0 Å². The first-order valence-corrected chi connectivity index (χ1v) is 37.9. The van der Waals surface area contributed by atoms with E-state index in [1.54, 1.807) is 27.7 Å². The predicted octanol–water partition coefficient (Wildman–Crippen LogP) is 3.50. The van der Waals surface area contributed by atoms with E-state index < -0.39 is 135 Å². The number of azide groups is 1. The number of nitrogens with zero attached hydrogens (tertiary/aromatic N) is 3. The molecule has 13 unspecified atom stereocenters. The Morgan fingerprint density at radius 1 is 0.221 bits per heavy atom. The number of ether oxygens (including phenoxy) is 35. The first kappa shape index (κ1) is 144. The molecule has 0 spiro atoms. The van der Waals surface area contributed by atoms with Crippen LogP contribution in [0, 0.1) is 0 Å². The Labute approximate surface area is 759 Å². The molecule has 0 aromatic heterocycles. The van der Waals surface area contributed by atoms with E-state index in [0.29, 0.717) is 0 Å². The van der Waals surface area contributed by atoms with Crippen molar-refractivity contribution in [2.24, 2.45) is 5.11 Å². The van der Waals surface area contributed by atoms with Gasteiger partial charge in [0.25, 0.3) is 0 Å². The van der Waals surface area contributed by atoms with Gasteiger partial charge < -0.3 is 217 Å². The van der Waals surface area contributed by atoms with Crippen LogP contribution in [0.15, 0.2) is 5.11 Å². The van der Waals surface area contributed by atoms with Gasteiger partial charge >= 0.3 is 67.7 Å². The van der Waals surface area contributed by atoms with Crippen molar-refractivity contribution in [3.8, 4) is 0 Å². The summed E-state index contributed by atoms with van der Waals surface area (Å²) in [6.07, 6.45) is -16.9. The molecule has 0 aromatic rings. The fourth-order valence-electron chi connectivity index (χ4n) is 4.49. The van der Waals surface area contributed by atoms with Crippen molar-refractivity contribution < 1.29 is 270 Å². The fraction of sp³-hybridized carbons (Fsp3) is 0.847. The first-order chi connectivity index (χ1) is 61.7. The Bertz CT molecular complexity index is 2230. The average molecular weight is 1950 g/mol. The van der Waals surface area contributed by atoms with Crippen LogP contribution in [0.1, 0.15) is 90.0 Å². The van der Waals surface area contributed by atoms with E-state index >= 15 is 0 Å². The van der Waals surface area contributed by atoms with E-state index in [1.807, 2.05) is 0 Å². The summed E-state index contributed by atoms with van der Waals surface area (Å²) in [6.45, 7) is 18.6. The molecule has 131 heavy (non-hydrogen) atoms. The molecule has 0 saturated heterocycles. The van der Waals surface area contributed by atoms with Crippen LogP contribution < -0.4 is 0 Å². The van der Waals surface area contributed by atoms with E-state index in [4.69, 9.17) is 80.3 Å². The minimum atomic E-state index is -0.840. The number of hydrogen-bond acceptors (Lipinski definition) is 57. The summed E-state index contributed by atoms with van der Waals surface area (Å²) in [4.78, 5) is 119. The Morgan fingerprint density at radius 2 is 0.366 bits per heavy atom. The highest BCUT2D eigenvalue weighted by atomic mass is 16.8. The molecule has 10 N–H and O–H groups in total. The standard InChI is InChI=1S/C9H17N3O5.C9H18O6.9C6H12O5/c1-7(4-11-12-10)17-9(13)15-5-8(2)16-6-14-3;1-7(4-10)15-9(11)13-5-8(2)14-6-12-3;9*1-5(7)3-10-6(8)11-4-9-2/h7-8H,4-6H2,1-3H3;7-8,10H,4-6H2,1-3H3;9*5,7H,3-4H2,1-2H3. The van der Waals surface area contributed by atoms with Crippen molar-refractivity contribution in [1.82, 2.24) is 0 Å². The van der Waals surface area contributed by atoms with E-state index in [9.17, 15) is 52.7 Å². The fourth-order valence-corrected chi connectivity index (χ4v) is 4.49. The van der Waals surface area contributed by atoms with Crippen LogP contribution in [-0.2, 0) is 166 Å². The van der Waals surface area contributed by atoms with Crippen molar-refractivity contribution in [2.45, 2.75) is 169 Å². The number of rotatable bonds is 51. The summed E-state index contributed by atoms with van der Waals surface area (Å²) in [5.41, 5.74) is 8.07. The predicted molar refractivity (Wildman–Crippen MR) is 434 cm³/mol. The molecule has 0 saturated carbocycles. The molecule has 0 heterocycles. The lowest BCUT2D eigenvalue weighted by molar-refractivity contribution is -0.0885. The second kappa shape index (κ2) is 113.